The summed E-state index contributed by atoms with van der Waals surface area (Å²) < 4.78 is 74.4. The van der Waals surface area contributed by atoms with Gasteiger partial charge in [-0.2, -0.15) is 18.4 Å². The number of carbonyl (C=O) groups excluding carboxylic acids is 4. The summed E-state index contributed by atoms with van der Waals surface area (Å²) in [7, 11) is 1.92. The molecule has 21 heteroatoms. The third-order valence-electron chi connectivity index (χ3n) is 11.4. The van der Waals surface area contributed by atoms with E-state index in [1.807, 2.05) is 75.5 Å². The lowest BCUT2D eigenvalue weighted by Gasteiger charge is -2.35. The van der Waals surface area contributed by atoms with Gasteiger partial charge in [-0.25, -0.2) is 9.37 Å². The second kappa shape index (κ2) is 27.1. The van der Waals surface area contributed by atoms with E-state index in [2.05, 4.69) is 48.6 Å². The number of benzene rings is 3. The van der Waals surface area contributed by atoms with E-state index in [1.54, 1.807) is 22.3 Å². The molecule has 1 saturated heterocycles. The molecule has 0 bridgehead atoms. The number of nitrogens with zero attached hydrogens (tertiary/aromatic N) is 5. The van der Waals surface area contributed by atoms with E-state index in [0.717, 1.165) is 43.8 Å². The highest BCUT2D eigenvalue weighted by Crippen LogP contribution is 2.34. The van der Waals surface area contributed by atoms with Crippen molar-refractivity contribution in [2.75, 3.05) is 69.6 Å². The standard InChI is InChI=1S/C41H58FN5O7S.C10H5F3N2OS/c1-28-36(55-27-44-28)30-13-11-29(12-14-30)25-43-38(49)33-10-9-17-47(33)39(50)37(40(2,3)4)45-35(48)26-53-21-20-51-18-19-52-22-23-54-34-16-15-31(24-32(34)42)46(8)41(5,6)7;11-10(12,13)9-3-8(15(5-16)6-17)2-1-7(9)4-14/h11-16,24,27,33,37H,9-10,17-23,25-26H2,1-8H3,(H,43,49)(H,45,48);1-3,5-6H. The summed E-state index contributed by atoms with van der Waals surface area (Å²) in [4.78, 5) is 60.4. The molecular weight excluding hydrogens is 979 g/mol. The molecule has 0 aliphatic carbocycles. The van der Waals surface area contributed by atoms with Crippen molar-refractivity contribution in [3.05, 3.63) is 94.4 Å². The highest BCUT2D eigenvalue weighted by Gasteiger charge is 2.42. The van der Waals surface area contributed by atoms with Crippen molar-refractivity contribution in [2.45, 2.75) is 91.7 Å². The fraction of sp³-hybridized carbons (Fsp3) is 0.471. The Morgan fingerprint density at radius 1 is 0.944 bits per heavy atom. The van der Waals surface area contributed by atoms with E-state index in [1.165, 1.54) is 18.2 Å². The molecule has 0 saturated carbocycles. The van der Waals surface area contributed by atoms with Crippen LogP contribution in [0.25, 0.3) is 10.4 Å². The number of aromatic nitrogens is 1. The maximum absolute atomic E-state index is 14.5. The zero-order valence-electron chi connectivity index (χ0n) is 41.8. The number of nitrogens with one attached hydrogen (secondary N) is 2. The number of aryl methyl sites for hydroxylation is 1. The van der Waals surface area contributed by atoms with E-state index in [-0.39, 0.29) is 68.2 Å². The SMILES string of the molecule is Cc1ncsc1-c1ccc(CNC(=O)C2CCCN2C(=O)C(NC(=O)COCCOCCOCCOc2ccc(N(C)C(C)(C)C)cc2F)C(C)(C)C)cc1.N#Cc1ccc(N(C=O)C=S)cc1C(F)(F)F. The molecule has 5 rings (SSSR count). The van der Waals surface area contributed by atoms with Crippen LogP contribution in [0.4, 0.5) is 28.9 Å². The van der Waals surface area contributed by atoms with Crippen LogP contribution in [0.2, 0.25) is 0 Å². The lowest BCUT2D eigenvalue weighted by atomic mass is 9.85. The van der Waals surface area contributed by atoms with Gasteiger partial charge in [0.2, 0.25) is 24.1 Å². The first-order valence-electron chi connectivity index (χ1n) is 23.1. The molecule has 72 heavy (non-hydrogen) atoms. The van der Waals surface area contributed by atoms with E-state index in [4.69, 9.17) is 24.2 Å². The lowest BCUT2D eigenvalue weighted by molar-refractivity contribution is -0.144. The Balaban J connectivity index is 0.000000558. The Morgan fingerprint density at radius 3 is 2.14 bits per heavy atom. The molecule has 390 valence electrons. The number of likely N-dealkylation sites (tertiary alicyclic amines) is 1. The fourth-order valence-corrected chi connectivity index (χ4v) is 8.15. The predicted molar refractivity (Wildman–Crippen MR) is 271 cm³/mol. The van der Waals surface area contributed by atoms with Crippen molar-refractivity contribution in [1.82, 2.24) is 20.5 Å². The van der Waals surface area contributed by atoms with Crippen LogP contribution in [0.3, 0.4) is 0 Å². The summed E-state index contributed by atoms with van der Waals surface area (Å²) in [6.45, 7) is 15.8. The number of amides is 4. The summed E-state index contributed by atoms with van der Waals surface area (Å²) in [5, 5.41) is 14.4. The van der Waals surface area contributed by atoms with Crippen LogP contribution in [-0.4, -0.2) is 117 Å². The smallest absolute Gasteiger partial charge is 0.417 e. The summed E-state index contributed by atoms with van der Waals surface area (Å²) >= 11 is 6.07. The van der Waals surface area contributed by atoms with Crippen LogP contribution in [0.5, 0.6) is 5.75 Å². The zero-order valence-corrected chi connectivity index (χ0v) is 43.4. The summed E-state index contributed by atoms with van der Waals surface area (Å²) in [6, 6.07) is 15.8. The maximum atomic E-state index is 14.5. The Hall–Kier alpha value is -6.05. The normalized spacial score (nSPS) is 14.0. The van der Waals surface area contributed by atoms with Crippen molar-refractivity contribution < 1.29 is 55.7 Å². The average Bonchev–Trinajstić information content (AvgIpc) is 4.01. The fourth-order valence-electron chi connectivity index (χ4n) is 7.17. The molecule has 2 heterocycles. The molecule has 15 nitrogen and oxygen atoms in total. The molecule has 2 N–H and O–H groups in total. The van der Waals surface area contributed by atoms with E-state index >= 15 is 0 Å². The molecule has 4 aromatic rings. The highest BCUT2D eigenvalue weighted by atomic mass is 32.1. The number of halogens is 4. The number of carbonyl (C=O) groups is 4. The largest absolute Gasteiger partial charge is 0.488 e. The number of anilines is 2. The number of alkyl halides is 3. The van der Waals surface area contributed by atoms with Crippen LogP contribution in [0.15, 0.2) is 66.2 Å². The van der Waals surface area contributed by atoms with Gasteiger partial charge < -0.3 is 39.4 Å². The minimum atomic E-state index is -4.66. The summed E-state index contributed by atoms with van der Waals surface area (Å²) in [5.74, 6) is -1.19. The van der Waals surface area contributed by atoms with E-state index < -0.39 is 46.5 Å². The minimum absolute atomic E-state index is 0.0404. The number of hydrogen-bond acceptors (Lipinski definition) is 13. The number of thiazole rings is 1. The van der Waals surface area contributed by atoms with Crippen molar-refractivity contribution >= 4 is 64.6 Å². The van der Waals surface area contributed by atoms with Gasteiger partial charge in [-0.1, -0.05) is 57.3 Å². The van der Waals surface area contributed by atoms with Gasteiger partial charge in [0.05, 0.1) is 71.8 Å². The number of nitriles is 1. The minimum Gasteiger partial charge on any atom is -0.488 e. The van der Waals surface area contributed by atoms with Gasteiger partial charge in [0, 0.05) is 43.1 Å². The van der Waals surface area contributed by atoms with Crippen LogP contribution >= 0.6 is 23.6 Å². The lowest BCUT2D eigenvalue weighted by Crippen LogP contribution is -2.58. The van der Waals surface area contributed by atoms with Crippen LogP contribution in [0, 0.1) is 29.5 Å². The quantitative estimate of drug-likeness (QED) is 0.0334. The van der Waals surface area contributed by atoms with Gasteiger partial charge in [-0.15, -0.1) is 11.3 Å². The summed E-state index contributed by atoms with van der Waals surface area (Å²) in [6.07, 6.45) is -3.12. The number of rotatable bonds is 22. The first-order valence-corrected chi connectivity index (χ1v) is 24.4. The number of thiocarbonyl (C=S) groups is 1. The molecule has 1 aromatic heterocycles. The Kier molecular flexibility index (Phi) is 22.0. The zero-order chi connectivity index (χ0) is 53.2. The maximum Gasteiger partial charge on any atom is 0.417 e. The molecule has 3 aromatic carbocycles. The van der Waals surface area contributed by atoms with E-state index in [9.17, 15) is 36.7 Å². The van der Waals surface area contributed by atoms with Gasteiger partial charge in [-0.3, -0.25) is 24.1 Å². The van der Waals surface area contributed by atoms with E-state index in [0.29, 0.717) is 45.2 Å². The van der Waals surface area contributed by atoms with Crippen molar-refractivity contribution in [2.24, 2.45) is 5.41 Å². The molecule has 2 unspecified atom stereocenters. The monoisotopic (exact) mass is 1040 g/mol. The van der Waals surface area contributed by atoms with Crippen LogP contribution < -0.4 is 25.2 Å². The average molecular weight is 1040 g/mol. The van der Waals surface area contributed by atoms with Crippen LogP contribution in [0.1, 0.15) is 76.8 Å². The molecule has 1 aliphatic rings. The molecule has 0 spiro atoms. The first-order chi connectivity index (χ1) is 34.0. The van der Waals surface area contributed by atoms with Crippen LogP contribution in [-0.2, 0) is 46.1 Å². The molecule has 0 radical (unpaired) electrons. The predicted octanol–water partition coefficient (Wildman–Crippen LogP) is 8.26. The molecular formula is C51H63F4N7O8S2. The van der Waals surface area contributed by atoms with Gasteiger partial charge in [0.1, 0.15) is 25.3 Å². The van der Waals surface area contributed by atoms with Gasteiger partial charge in [0.25, 0.3) is 0 Å². The molecule has 2 atom stereocenters. The Morgan fingerprint density at radius 2 is 1.58 bits per heavy atom. The molecule has 4 amide bonds. The number of ether oxygens (including phenoxy) is 4. The third-order valence-corrected chi connectivity index (χ3v) is 12.6. The van der Waals surface area contributed by atoms with Gasteiger partial charge in [0.15, 0.2) is 11.6 Å². The van der Waals surface area contributed by atoms with Crippen molar-refractivity contribution in [3.63, 3.8) is 0 Å². The summed E-state index contributed by atoms with van der Waals surface area (Å²) in [5.41, 5.74) is 4.15. The second-order valence-electron chi connectivity index (χ2n) is 18.7. The molecule has 1 aliphatic heterocycles. The Bertz CT molecular complexity index is 2480. The first kappa shape index (κ1) is 58.5. The van der Waals surface area contributed by atoms with Crippen molar-refractivity contribution in [3.8, 4) is 22.3 Å². The highest BCUT2D eigenvalue weighted by molar-refractivity contribution is 7.79. The topological polar surface area (TPSA) is 176 Å². The van der Waals surface area contributed by atoms with Gasteiger partial charge >= 0.3 is 6.18 Å². The Labute approximate surface area is 427 Å². The second-order valence-corrected chi connectivity index (χ2v) is 19.7. The van der Waals surface area contributed by atoms with Crippen molar-refractivity contribution in [1.29, 1.82) is 5.26 Å². The third kappa shape index (κ3) is 17.3. The molecule has 1 fully saturated rings. The van der Waals surface area contributed by atoms with Gasteiger partial charge in [-0.05, 0) is 87.4 Å². The number of hydrogen-bond donors (Lipinski definition) is 2.